The van der Waals surface area contributed by atoms with Gasteiger partial charge in [-0.1, -0.05) is 48.5 Å². The summed E-state index contributed by atoms with van der Waals surface area (Å²) in [7, 11) is 1.17. The highest BCUT2D eigenvalue weighted by Gasteiger charge is 2.28. The van der Waals surface area contributed by atoms with Gasteiger partial charge >= 0.3 is 5.97 Å². The maximum absolute atomic E-state index is 12.4. The van der Waals surface area contributed by atoms with Crippen molar-refractivity contribution in [3.8, 4) is 0 Å². The van der Waals surface area contributed by atoms with Gasteiger partial charge in [0.25, 0.3) is 5.69 Å². The summed E-state index contributed by atoms with van der Waals surface area (Å²) in [4.78, 5) is 34.7. The van der Waals surface area contributed by atoms with E-state index in [0.29, 0.717) is 0 Å². The third kappa shape index (κ3) is 4.13. The molecule has 0 aliphatic carbocycles. The fourth-order valence-electron chi connectivity index (χ4n) is 2.19. The number of benzene rings is 2. The van der Waals surface area contributed by atoms with Crippen molar-refractivity contribution in [1.29, 1.82) is 0 Å². The maximum atomic E-state index is 12.4. The minimum atomic E-state index is -1.24. The lowest BCUT2D eigenvalue weighted by atomic mass is 9.93. The van der Waals surface area contributed by atoms with Gasteiger partial charge in [0, 0.05) is 12.1 Å². The van der Waals surface area contributed by atoms with Gasteiger partial charge in [0.1, 0.15) is 5.92 Å². The molecule has 2 rings (SSSR count). The molecule has 0 saturated carbocycles. The summed E-state index contributed by atoms with van der Waals surface area (Å²) in [5, 5.41) is 10.9. The quantitative estimate of drug-likeness (QED) is 0.268. The monoisotopic (exact) mass is 325 g/mol. The molecule has 24 heavy (non-hydrogen) atoms. The van der Waals surface area contributed by atoms with E-state index in [1.54, 1.807) is 6.08 Å². The molecule has 0 heterocycles. The Hall–Kier alpha value is -3.28. The van der Waals surface area contributed by atoms with Crippen LogP contribution < -0.4 is 0 Å². The summed E-state index contributed by atoms with van der Waals surface area (Å²) in [5.74, 6) is -2.51. The zero-order valence-corrected chi connectivity index (χ0v) is 12.9. The number of nitro groups is 1. The molecule has 0 bridgehead atoms. The van der Waals surface area contributed by atoms with Crippen molar-refractivity contribution in [3.05, 3.63) is 81.9 Å². The van der Waals surface area contributed by atoms with E-state index in [1.165, 1.54) is 37.5 Å². The molecular weight excluding hydrogens is 310 g/mol. The molecule has 0 amide bonds. The Morgan fingerprint density at radius 3 is 2.46 bits per heavy atom. The van der Waals surface area contributed by atoms with E-state index < -0.39 is 22.6 Å². The molecule has 6 nitrogen and oxygen atoms in total. The number of rotatable bonds is 6. The zero-order valence-electron chi connectivity index (χ0n) is 12.9. The Morgan fingerprint density at radius 1 is 1.12 bits per heavy atom. The first-order chi connectivity index (χ1) is 11.5. The molecule has 2 aromatic rings. The Labute approximate surface area is 138 Å². The number of carbonyl (C=O) groups is 2. The van der Waals surface area contributed by atoms with Crippen molar-refractivity contribution < 1.29 is 19.2 Å². The van der Waals surface area contributed by atoms with Crippen LogP contribution in [0.1, 0.15) is 17.0 Å². The predicted octanol–water partition coefficient (Wildman–Crippen LogP) is 3.13. The lowest BCUT2D eigenvalue weighted by Crippen LogP contribution is -2.22. The van der Waals surface area contributed by atoms with Gasteiger partial charge < -0.3 is 4.74 Å². The van der Waals surface area contributed by atoms with E-state index in [1.807, 2.05) is 30.3 Å². The molecule has 0 spiro atoms. The minimum Gasteiger partial charge on any atom is -0.468 e. The molecule has 0 aliphatic rings. The molecule has 0 aromatic heterocycles. The summed E-state index contributed by atoms with van der Waals surface area (Å²) in [6.07, 6.45) is 2.85. The lowest BCUT2D eigenvalue weighted by Gasteiger charge is -2.11. The predicted molar refractivity (Wildman–Crippen MR) is 88.3 cm³/mol. The highest BCUT2D eigenvalue weighted by atomic mass is 16.6. The summed E-state index contributed by atoms with van der Waals surface area (Å²) in [6, 6.07) is 14.5. The van der Waals surface area contributed by atoms with Gasteiger partial charge in [-0.3, -0.25) is 19.7 Å². The number of ketones is 1. The molecule has 1 atom stereocenters. The van der Waals surface area contributed by atoms with Crippen LogP contribution >= 0.6 is 0 Å². The first-order valence-corrected chi connectivity index (χ1v) is 7.12. The fraction of sp³-hybridized carbons (Fsp3) is 0.111. The SMILES string of the molecule is COC(=O)C(C(=O)/C=C/c1ccccc1)c1cccc([N+](=O)[O-])c1. The van der Waals surface area contributed by atoms with Crippen LogP contribution in [0.25, 0.3) is 6.08 Å². The summed E-state index contributed by atoms with van der Waals surface area (Å²) >= 11 is 0. The number of allylic oxidation sites excluding steroid dienone is 1. The third-order valence-corrected chi connectivity index (χ3v) is 3.38. The number of hydrogen-bond acceptors (Lipinski definition) is 5. The second-order valence-electron chi connectivity index (χ2n) is 4.95. The first kappa shape index (κ1) is 17.1. The molecule has 1 unspecified atom stereocenters. The number of methoxy groups -OCH3 is 1. The topological polar surface area (TPSA) is 86.5 Å². The number of ether oxygens (including phenoxy) is 1. The molecule has 0 saturated heterocycles. The molecule has 0 aliphatic heterocycles. The average molecular weight is 325 g/mol. The van der Waals surface area contributed by atoms with Crippen LogP contribution in [0.5, 0.6) is 0 Å². The largest absolute Gasteiger partial charge is 0.468 e. The standard InChI is InChI=1S/C18H15NO5/c1-24-18(21)17(14-8-5-9-15(12-14)19(22)23)16(20)11-10-13-6-3-2-4-7-13/h2-12,17H,1H3/b11-10+. The molecule has 6 heteroatoms. The third-order valence-electron chi connectivity index (χ3n) is 3.38. The van der Waals surface area contributed by atoms with E-state index in [9.17, 15) is 19.7 Å². The molecule has 0 fully saturated rings. The second-order valence-corrected chi connectivity index (χ2v) is 4.95. The van der Waals surface area contributed by atoms with E-state index in [4.69, 9.17) is 0 Å². The Bertz CT molecular complexity index is 783. The van der Waals surface area contributed by atoms with Gasteiger partial charge in [-0.2, -0.15) is 0 Å². The van der Waals surface area contributed by atoms with Crippen LogP contribution in [-0.4, -0.2) is 23.8 Å². The van der Waals surface area contributed by atoms with Gasteiger partial charge in [-0.05, 0) is 17.2 Å². The molecular formula is C18H15NO5. The molecule has 122 valence electrons. The Morgan fingerprint density at radius 2 is 1.83 bits per heavy atom. The second kappa shape index (κ2) is 7.82. The van der Waals surface area contributed by atoms with Crippen molar-refractivity contribution >= 4 is 23.5 Å². The molecule has 2 aromatic carbocycles. The van der Waals surface area contributed by atoms with Gasteiger partial charge in [-0.15, -0.1) is 0 Å². The van der Waals surface area contributed by atoms with Crippen LogP contribution in [-0.2, 0) is 14.3 Å². The van der Waals surface area contributed by atoms with Crippen LogP contribution in [0.15, 0.2) is 60.7 Å². The van der Waals surface area contributed by atoms with Gasteiger partial charge in [-0.25, -0.2) is 0 Å². The normalized spacial score (nSPS) is 11.9. The maximum Gasteiger partial charge on any atom is 0.321 e. The van der Waals surface area contributed by atoms with Crippen molar-refractivity contribution in [2.24, 2.45) is 0 Å². The Balaban J connectivity index is 2.33. The molecule has 0 N–H and O–H groups in total. The summed E-state index contributed by atoms with van der Waals surface area (Å²) in [6.45, 7) is 0. The number of non-ortho nitro benzene ring substituents is 1. The van der Waals surface area contributed by atoms with Crippen LogP contribution in [0.2, 0.25) is 0 Å². The number of carbonyl (C=O) groups excluding carboxylic acids is 2. The number of esters is 1. The van der Waals surface area contributed by atoms with Gasteiger partial charge in [0.15, 0.2) is 5.78 Å². The van der Waals surface area contributed by atoms with Crippen LogP contribution in [0, 0.1) is 10.1 Å². The summed E-state index contributed by atoms with van der Waals surface area (Å²) < 4.78 is 4.68. The molecule has 0 radical (unpaired) electrons. The minimum absolute atomic E-state index is 0.193. The smallest absolute Gasteiger partial charge is 0.321 e. The zero-order chi connectivity index (χ0) is 17.5. The van der Waals surface area contributed by atoms with E-state index in [-0.39, 0.29) is 11.3 Å². The van der Waals surface area contributed by atoms with Gasteiger partial charge in [0.05, 0.1) is 12.0 Å². The number of nitrogens with zero attached hydrogens (tertiary/aromatic N) is 1. The van der Waals surface area contributed by atoms with Crippen LogP contribution in [0.4, 0.5) is 5.69 Å². The van der Waals surface area contributed by atoms with Crippen molar-refractivity contribution in [2.75, 3.05) is 7.11 Å². The number of hydrogen-bond donors (Lipinski definition) is 0. The first-order valence-electron chi connectivity index (χ1n) is 7.12. The van der Waals surface area contributed by atoms with E-state index in [2.05, 4.69) is 4.74 Å². The van der Waals surface area contributed by atoms with Crippen molar-refractivity contribution in [3.63, 3.8) is 0 Å². The highest BCUT2D eigenvalue weighted by Crippen LogP contribution is 2.24. The number of nitro benzene ring substituents is 1. The summed E-state index contributed by atoms with van der Waals surface area (Å²) in [5.41, 5.74) is 0.827. The van der Waals surface area contributed by atoms with E-state index >= 15 is 0 Å². The highest BCUT2D eigenvalue weighted by molar-refractivity contribution is 6.11. The van der Waals surface area contributed by atoms with Crippen LogP contribution in [0.3, 0.4) is 0 Å². The lowest BCUT2D eigenvalue weighted by molar-refractivity contribution is -0.384. The Kier molecular flexibility index (Phi) is 5.57. The van der Waals surface area contributed by atoms with Crippen molar-refractivity contribution in [2.45, 2.75) is 5.92 Å². The average Bonchev–Trinajstić information content (AvgIpc) is 2.61. The fourth-order valence-corrected chi connectivity index (χ4v) is 2.19. The van der Waals surface area contributed by atoms with Crippen molar-refractivity contribution in [1.82, 2.24) is 0 Å². The van der Waals surface area contributed by atoms with Gasteiger partial charge in [0.2, 0.25) is 0 Å². The van der Waals surface area contributed by atoms with E-state index in [0.717, 1.165) is 5.56 Å².